The maximum atomic E-state index is 5.76. The van der Waals surface area contributed by atoms with Crippen LogP contribution >= 0.6 is 0 Å². The summed E-state index contributed by atoms with van der Waals surface area (Å²) < 4.78 is 11.5. The van der Waals surface area contributed by atoms with E-state index in [4.69, 9.17) is 14.9 Å². The Hall–Kier alpha value is -2.00. The fraction of sp³-hybridized carbons (Fsp3) is 0.200. The monoisotopic (exact) mass is 241 g/mol. The lowest BCUT2D eigenvalue weighted by Crippen LogP contribution is -2.22. The third-order valence-corrected chi connectivity index (χ3v) is 3.02. The Morgan fingerprint density at radius 2 is 1.89 bits per heavy atom. The molecular formula is C15H15NO2. The molecular weight excluding hydrogens is 226 g/mol. The Morgan fingerprint density at radius 1 is 1.11 bits per heavy atom. The highest BCUT2D eigenvalue weighted by molar-refractivity contribution is 6.05. The topological polar surface area (TPSA) is 48.4 Å². The number of para-hydroxylation sites is 1. The molecule has 92 valence electrons. The van der Waals surface area contributed by atoms with Crippen LogP contribution in [-0.4, -0.2) is 12.6 Å². The van der Waals surface area contributed by atoms with E-state index in [0.717, 1.165) is 27.7 Å². The minimum absolute atomic E-state index is 0.0145. The Balaban J connectivity index is 2.12. The molecule has 0 saturated heterocycles. The third kappa shape index (κ3) is 1.83. The number of hydrogen-bond donors (Lipinski definition) is 1. The predicted octanol–water partition coefficient (Wildman–Crippen LogP) is 3.31. The zero-order valence-electron chi connectivity index (χ0n) is 10.2. The normalized spacial score (nSPS) is 13.0. The van der Waals surface area contributed by atoms with E-state index in [9.17, 15) is 0 Å². The number of hydrogen-bond acceptors (Lipinski definition) is 3. The van der Waals surface area contributed by atoms with Crippen LogP contribution < -0.4 is 10.5 Å². The smallest absolute Gasteiger partial charge is 0.135 e. The fourth-order valence-electron chi connectivity index (χ4n) is 2.06. The minimum Gasteiger partial charge on any atom is -0.489 e. The van der Waals surface area contributed by atoms with Crippen molar-refractivity contribution in [3.8, 4) is 5.75 Å². The highest BCUT2D eigenvalue weighted by Gasteiger charge is 2.08. The summed E-state index contributed by atoms with van der Waals surface area (Å²) in [6.45, 7) is 2.46. The van der Waals surface area contributed by atoms with E-state index in [1.54, 1.807) is 0 Å². The molecule has 3 rings (SSSR count). The van der Waals surface area contributed by atoms with Crippen molar-refractivity contribution in [3.63, 3.8) is 0 Å². The van der Waals surface area contributed by atoms with Crippen LogP contribution in [0.1, 0.15) is 6.92 Å². The number of nitrogens with two attached hydrogens (primary N) is 1. The third-order valence-electron chi connectivity index (χ3n) is 3.02. The lowest BCUT2D eigenvalue weighted by Gasteiger charge is -2.11. The van der Waals surface area contributed by atoms with Gasteiger partial charge in [0, 0.05) is 17.3 Å². The zero-order chi connectivity index (χ0) is 12.5. The summed E-state index contributed by atoms with van der Waals surface area (Å²) in [6.07, 6.45) is 0.0145. The van der Waals surface area contributed by atoms with Gasteiger partial charge >= 0.3 is 0 Å². The van der Waals surface area contributed by atoms with Gasteiger partial charge in [0.25, 0.3) is 0 Å². The molecule has 0 aliphatic carbocycles. The summed E-state index contributed by atoms with van der Waals surface area (Å²) in [5, 5.41) is 2.19. The first-order chi connectivity index (χ1) is 8.78. The van der Waals surface area contributed by atoms with Crippen LogP contribution in [0.15, 0.2) is 46.9 Å². The molecule has 1 aromatic heterocycles. The van der Waals surface area contributed by atoms with Crippen molar-refractivity contribution in [1.29, 1.82) is 0 Å². The van der Waals surface area contributed by atoms with E-state index in [1.807, 2.05) is 43.3 Å². The Bertz CT molecular complexity index is 687. The van der Waals surface area contributed by atoms with Crippen LogP contribution in [0.2, 0.25) is 0 Å². The zero-order valence-corrected chi connectivity index (χ0v) is 10.2. The maximum Gasteiger partial charge on any atom is 0.135 e. The molecule has 0 aliphatic heterocycles. The van der Waals surface area contributed by atoms with Gasteiger partial charge in [-0.3, -0.25) is 0 Å². The first kappa shape index (κ1) is 11.1. The second kappa shape index (κ2) is 4.35. The maximum absolute atomic E-state index is 5.76. The molecule has 1 unspecified atom stereocenters. The molecule has 0 amide bonds. The molecule has 0 bridgehead atoms. The molecule has 2 aromatic carbocycles. The minimum atomic E-state index is 0.0145. The van der Waals surface area contributed by atoms with Crippen LogP contribution in [0.5, 0.6) is 5.75 Å². The van der Waals surface area contributed by atoms with Crippen molar-refractivity contribution in [3.05, 3.63) is 42.5 Å². The fourth-order valence-corrected chi connectivity index (χ4v) is 2.06. The summed E-state index contributed by atoms with van der Waals surface area (Å²) in [4.78, 5) is 0. The number of furan rings is 1. The van der Waals surface area contributed by atoms with Crippen molar-refractivity contribution in [2.45, 2.75) is 13.0 Å². The highest BCUT2D eigenvalue weighted by atomic mass is 16.5. The molecule has 0 saturated carbocycles. The standard InChI is InChI=1S/C15H15NO2/c1-10(9-16)17-11-6-7-15-13(8-11)12-4-2-3-5-14(12)18-15/h2-8,10H,9,16H2,1H3. The van der Waals surface area contributed by atoms with Crippen LogP contribution in [-0.2, 0) is 0 Å². The van der Waals surface area contributed by atoms with E-state index >= 15 is 0 Å². The predicted molar refractivity (Wildman–Crippen MR) is 72.9 cm³/mol. The molecule has 3 aromatic rings. The molecule has 1 heterocycles. The van der Waals surface area contributed by atoms with Crippen molar-refractivity contribution >= 4 is 21.9 Å². The average molecular weight is 241 g/mol. The molecule has 0 spiro atoms. The number of rotatable bonds is 3. The van der Waals surface area contributed by atoms with E-state index in [2.05, 4.69) is 6.07 Å². The van der Waals surface area contributed by atoms with Gasteiger partial charge in [-0.2, -0.15) is 0 Å². The summed E-state index contributed by atoms with van der Waals surface area (Å²) in [6, 6.07) is 13.9. The highest BCUT2D eigenvalue weighted by Crippen LogP contribution is 2.31. The van der Waals surface area contributed by atoms with Crippen LogP contribution in [0.4, 0.5) is 0 Å². The first-order valence-corrected chi connectivity index (χ1v) is 6.06. The number of fused-ring (bicyclic) bond motifs is 3. The van der Waals surface area contributed by atoms with Crippen LogP contribution in [0, 0.1) is 0 Å². The molecule has 1 atom stereocenters. The summed E-state index contributed by atoms with van der Waals surface area (Å²) in [7, 11) is 0. The number of benzene rings is 2. The molecule has 18 heavy (non-hydrogen) atoms. The molecule has 0 aliphatic rings. The van der Waals surface area contributed by atoms with Gasteiger partial charge in [0.05, 0.1) is 0 Å². The average Bonchev–Trinajstić information content (AvgIpc) is 2.77. The summed E-state index contributed by atoms with van der Waals surface area (Å²) in [5.74, 6) is 0.826. The van der Waals surface area contributed by atoms with Gasteiger partial charge in [-0.05, 0) is 31.2 Å². The second-order valence-electron chi connectivity index (χ2n) is 4.42. The number of ether oxygens (including phenoxy) is 1. The summed E-state index contributed by atoms with van der Waals surface area (Å²) >= 11 is 0. The van der Waals surface area contributed by atoms with Gasteiger partial charge in [0.15, 0.2) is 0 Å². The lowest BCUT2D eigenvalue weighted by atomic mass is 10.1. The van der Waals surface area contributed by atoms with Gasteiger partial charge < -0.3 is 14.9 Å². The Kier molecular flexibility index (Phi) is 2.68. The van der Waals surface area contributed by atoms with Gasteiger partial charge in [-0.25, -0.2) is 0 Å². The van der Waals surface area contributed by atoms with Gasteiger partial charge in [0.1, 0.15) is 23.0 Å². The molecule has 3 nitrogen and oxygen atoms in total. The SMILES string of the molecule is CC(CN)Oc1ccc2oc3ccccc3c2c1. The molecule has 3 heteroatoms. The van der Waals surface area contributed by atoms with E-state index in [1.165, 1.54) is 0 Å². The van der Waals surface area contributed by atoms with Crippen molar-refractivity contribution in [2.24, 2.45) is 5.73 Å². The van der Waals surface area contributed by atoms with Gasteiger partial charge in [0.2, 0.25) is 0 Å². The van der Waals surface area contributed by atoms with E-state index < -0.39 is 0 Å². The van der Waals surface area contributed by atoms with Crippen LogP contribution in [0.3, 0.4) is 0 Å². The molecule has 2 N–H and O–H groups in total. The first-order valence-electron chi connectivity index (χ1n) is 6.06. The van der Waals surface area contributed by atoms with E-state index in [0.29, 0.717) is 6.54 Å². The van der Waals surface area contributed by atoms with Gasteiger partial charge in [-0.1, -0.05) is 18.2 Å². The van der Waals surface area contributed by atoms with Crippen molar-refractivity contribution in [2.75, 3.05) is 6.54 Å². The quantitative estimate of drug-likeness (QED) is 0.765. The largest absolute Gasteiger partial charge is 0.489 e. The second-order valence-corrected chi connectivity index (χ2v) is 4.42. The van der Waals surface area contributed by atoms with Crippen molar-refractivity contribution < 1.29 is 9.15 Å². The molecule has 0 fully saturated rings. The van der Waals surface area contributed by atoms with E-state index in [-0.39, 0.29) is 6.10 Å². The van der Waals surface area contributed by atoms with Crippen LogP contribution in [0.25, 0.3) is 21.9 Å². The lowest BCUT2D eigenvalue weighted by molar-refractivity contribution is 0.230. The summed E-state index contributed by atoms with van der Waals surface area (Å²) in [5.41, 5.74) is 7.34. The van der Waals surface area contributed by atoms with Gasteiger partial charge in [-0.15, -0.1) is 0 Å². The van der Waals surface area contributed by atoms with Crippen molar-refractivity contribution in [1.82, 2.24) is 0 Å². The Morgan fingerprint density at radius 3 is 2.72 bits per heavy atom. The molecule has 0 radical (unpaired) electrons. The Labute approximate surface area is 105 Å².